The van der Waals surface area contributed by atoms with Gasteiger partial charge in [-0.3, -0.25) is 15.3 Å². The van der Waals surface area contributed by atoms with Crippen molar-refractivity contribution >= 4 is 28.1 Å². The van der Waals surface area contributed by atoms with E-state index in [0.29, 0.717) is 29.2 Å². The van der Waals surface area contributed by atoms with Crippen molar-refractivity contribution in [2.75, 3.05) is 30.7 Å². The summed E-state index contributed by atoms with van der Waals surface area (Å²) in [5, 5.41) is 18.3. The van der Waals surface area contributed by atoms with E-state index in [1.54, 1.807) is 12.4 Å². The van der Waals surface area contributed by atoms with E-state index in [4.69, 9.17) is 11.1 Å². The fraction of sp³-hybridized carbons (Fsp3) is 0.346. The Morgan fingerprint density at radius 3 is 2.81 bits per heavy atom. The summed E-state index contributed by atoms with van der Waals surface area (Å²) in [7, 11) is 0. The third-order valence-electron chi connectivity index (χ3n) is 7.13. The highest BCUT2D eigenvalue weighted by molar-refractivity contribution is 6.14. The number of anilines is 2. The summed E-state index contributed by atoms with van der Waals surface area (Å²) in [6, 6.07) is 8.23. The third-order valence-corrected chi connectivity index (χ3v) is 7.13. The van der Waals surface area contributed by atoms with Crippen LogP contribution >= 0.6 is 0 Å². The second-order valence-electron chi connectivity index (χ2n) is 9.25. The highest BCUT2D eigenvalue weighted by Crippen LogP contribution is 2.27. The van der Waals surface area contributed by atoms with Gasteiger partial charge in [-0.1, -0.05) is 25.1 Å². The molecule has 0 radical (unpaired) electrons. The molecule has 1 aliphatic rings. The molecule has 186 valence electrons. The topological polar surface area (TPSA) is 143 Å². The van der Waals surface area contributed by atoms with Crippen molar-refractivity contribution in [2.45, 2.75) is 39.3 Å². The Labute approximate surface area is 209 Å². The Kier molecular flexibility index (Phi) is 6.51. The number of likely N-dealkylation sites (tertiary alicyclic amines) is 1. The molecule has 0 unspecified atom stereocenters. The molecular weight excluding hydrogens is 454 g/mol. The molecule has 10 nitrogen and oxygen atoms in total. The van der Waals surface area contributed by atoms with Crippen LogP contribution < -0.4 is 22.0 Å². The van der Waals surface area contributed by atoms with Crippen LogP contribution in [0.1, 0.15) is 48.2 Å². The Balaban J connectivity index is 1.54. The van der Waals surface area contributed by atoms with Gasteiger partial charge in [0.05, 0.1) is 23.7 Å². The summed E-state index contributed by atoms with van der Waals surface area (Å²) in [6.45, 7) is 7.55. The van der Waals surface area contributed by atoms with Gasteiger partial charge < -0.3 is 20.5 Å². The van der Waals surface area contributed by atoms with Crippen LogP contribution in [-0.2, 0) is 6.54 Å². The number of benzene rings is 1. The summed E-state index contributed by atoms with van der Waals surface area (Å²) < 4.78 is 1.99. The Hall–Kier alpha value is -4.05. The molecule has 0 aliphatic carbocycles. The lowest BCUT2D eigenvalue weighted by Gasteiger charge is -2.33. The number of aromatic amines is 1. The average Bonchev–Trinajstić information content (AvgIpc) is 3.42. The van der Waals surface area contributed by atoms with Crippen LogP contribution in [0.4, 0.5) is 11.6 Å². The molecule has 0 saturated carbocycles. The zero-order valence-electron chi connectivity index (χ0n) is 20.7. The van der Waals surface area contributed by atoms with Gasteiger partial charge in [0.2, 0.25) is 5.71 Å². The monoisotopic (exact) mass is 486 g/mol. The van der Waals surface area contributed by atoms with Crippen LogP contribution in [0.25, 0.3) is 10.8 Å². The molecule has 0 atom stereocenters. The Bertz CT molecular complexity index is 1450. The molecule has 4 heterocycles. The van der Waals surface area contributed by atoms with Gasteiger partial charge in [0.25, 0.3) is 5.56 Å². The Morgan fingerprint density at radius 2 is 2.08 bits per heavy atom. The minimum Gasteiger partial charge on any atom is -0.383 e. The molecule has 1 aromatic carbocycles. The zero-order chi connectivity index (χ0) is 25.2. The number of nitrogens with two attached hydrogens (primary N) is 2. The van der Waals surface area contributed by atoms with Crippen molar-refractivity contribution in [3.05, 3.63) is 75.7 Å². The van der Waals surface area contributed by atoms with Gasteiger partial charge >= 0.3 is 0 Å². The van der Waals surface area contributed by atoms with Crippen LogP contribution in [0.2, 0.25) is 0 Å². The van der Waals surface area contributed by atoms with Gasteiger partial charge in [-0.25, -0.2) is 9.97 Å². The van der Waals surface area contributed by atoms with Gasteiger partial charge in [0.1, 0.15) is 23.5 Å². The van der Waals surface area contributed by atoms with Gasteiger partial charge in [0, 0.05) is 31.0 Å². The maximum absolute atomic E-state index is 13.9. The molecule has 4 aromatic rings. The van der Waals surface area contributed by atoms with Crippen molar-refractivity contribution in [1.82, 2.24) is 29.6 Å². The lowest BCUT2D eigenvalue weighted by Crippen LogP contribution is -2.42. The maximum atomic E-state index is 13.9. The van der Waals surface area contributed by atoms with Crippen LogP contribution in [0.5, 0.6) is 0 Å². The van der Waals surface area contributed by atoms with Crippen molar-refractivity contribution in [2.24, 2.45) is 0 Å². The zero-order valence-corrected chi connectivity index (χ0v) is 20.7. The standard InChI is InChI=1S/C26H31N9O/c1-3-34-9-7-19(8-10-34)35-20(11-17-6-4-5-16(2)21(17)26(35)36)14-29-25-22(24(28)30-15-31-25)23(27)18-12-32-33-13-18/h4-6,11-13,15,19,27H,3,7-10,14H2,1-2H3,(H,32,33)(H3,28,29,30,31)/p+1. The minimum atomic E-state index is 0.0595. The predicted molar refractivity (Wildman–Crippen MR) is 141 cm³/mol. The summed E-state index contributed by atoms with van der Waals surface area (Å²) >= 11 is 0. The van der Waals surface area contributed by atoms with E-state index in [1.807, 2.05) is 29.7 Å². The maximum Gasteiger partial charge on any atom is 0.259 e. The molecule has 6 N–H and O–H groups in total. The number of H-pyrrole nitrogens is 1. The number of rotatable bonds is 7. The summed E-state index contributed by atoms with van der Waals surface area (Å²) in [5.41, 5.74) is 9.78. The number of hydrogen-bond donors (Lipinski definition) is 4. The lowest BCUT2D eigenvalue weighted by molar-refractivity contribution is -0.111. The largest absolute Gasteiger partial charge is 0.383 e. The van der Waals surface area contributed by atoms with Crippen molar-refractivity contribution < 1.29 is 5.41 Å². The number of nitrogen functional groups attached to an aromatic ring is 1. The normalized spacial score (nSPS) is 14.8. The van der Waals surface area contributed by atoms with Crippen LogP contribution in [0, 0.1) is 6.92 Å². The van der Waals surface area contributed by atoms with E-state index in [0.717, 1.165) is 54.5 Å². The number of hydrogen-bond acceptors (Lipinski definition) is 7. The van der Waals surface area contributed by atoms with E-state index >= 15 is 0 Å². The van der Waals surface area contributed by atoms with E-state index in [2.05, 4.69) is 43.4 Å². The molecule has 1 aliphatic heterocycles. The number of fused-ring (bicyclic) bond motifs is 1. The second-order valence-corrected chi connectivity index (χ2v) is 9.25. The van der Waals surface area contributed by atoms with Gasteiger partial charge in [0.15, 0.2) is 0 Å². The summed E-state index contributed by atoms with van der Waals surface area (Å²) in [6.07, 6.45) is 6.59. The SMILES string of the molecule is CCN1CCC(n2c(CNc3ncnc(N)c3C(=[NH2+])c3cn[nH]c3)cc3cccc(C)c3c2=O)CC1. The van der Waals surface area contributed by atoms with Crippen LogP contribution in [0.15, 0.2) is 47.8 Å². The number of nitrogens with one attached hydrogen (secondary N) is 2. The van der Waals surface area contributed by atoms with E-state index in [1.165, 1.54) is 6.33 Å². The lowest BCUT2D eigenvalue weighted by atomic mass is 10.0. The fourth-order valence-electron chi connectivity index (χ4n) is 5.15. The first kappa shape index (κ1) is 23.7. The summed E-state index contributed by atoms with van der Waals surface area (Å²) in [5.74, 6) is 0.773. The van der Waals surface area contributed by atoms with Gasteiger partial charge in [-0.05, 0) is 43.3 Å². The minimum absolute atomic E-state index is 0.0595. The molecule has 10 heteroatoms. The first-order valence-corrected chi connectivity index (χ1v) is 12.3. The quantitative estimate of drug-likeness (QED) is 0.288. The highest BCUT2D eigenvalue weighted by atomic mass is 16.1. The molecule has 0 bridgehead atoms. The van der Waals surface area contributed by atoms with Gasteiger partial charge in [-0.2, -0.15) is 5.10 Å². The third kappa shape index (κ3) is 4.35. The van der Waals surface area contributed by atoms with Crippen molar-refractivity contribution in [3.8, 4) is 0 Å². The number of aromatic nitrogens is 5. The smallest absolute Gasteiger partial charge is 0.259 e. The predicted octanol–water partition coefficient (Wildman–Crippen LogP) is 1.27. The van der Waals surface area contributed by atoms with Crippen LogP contribution in [-0.4, -0.2) is 55.0 Å². The molecule has 3 aromatic heterocycles. The molecule has 1 saturated heterocycles. The average molecular weight is 487 g/mol. The molecule has 5 rings (SSSR count). The number of nitrogens with zero attached hydrogens (tertiary/aromatic N) is 5. The molecule has 0 amide bonds. The van der Waals surface area contributed by atoms with Gasteiger partial charge in [-0.15, -0.1) is 0 Å². The molecular formula is C26H32N9O+. The summed E-state index contributed by atoms with van der Waals surface area (Å²) in [4.78, 5) is 24.8. The number of aryl methyl sites for hydroxylation is 1. The number of pyridine rings is 1. The van der Waals surface area contributed by atoms with E-state index < -0.39 is 0 Å². The molecule has 0 spiro atoms. The Morgan fingerprint density at radius 1 is 1.28 bits per heavy atom. The number of piperidine rings is 1. The first-order chi connectivity index (χ1) is 17.5. The molecule has 36 heavy (non-hydrogen) atoms. The van der Waals surface area contributed by atoms with E-state index in [-0.39, 0.29) is 17.4 Å². The van der Waals surface area contributed by atoms with Crippen LogP contribution in [0.3, 0.4) is 0 Å². The molecule has 1 fully saturated rings. The first-order valence-electron chi connectivity index (χ1n) is 12.3. The highest BCUT2D eigenvalue weighted by Gasteiger charge is 2.25. The second kappa shape index (κ2) is 9.90. The van der Waals surface area contributed by atoms with Crippen molar-refractivity contribution in [1.29, 1.82) is 0 Å². The van der Waals surface area contributed by atoms with Crippen molar-refractivity contribution in [3.63, 3.8) is 0 Å². The van der Waals surface area contributed by atoms with E-state index in [9.17, 15) is 4.79 Å². The fourth-order valence-corrected chi connectivity index (χ4v) is 5.15.